The molecule has 3 aromatic heterocycles. The quantitative estimate of drug-likeness (QED) is 0.156. The van der Waals surface area contributed by atoms with E-state index in [-0.39, 0.29) is 17.7 Å². The van der Waals surface area contributed by atoms with Crippen LogP contribution in [0.1, 0.15) is 51.3 Å². The van der Waals surface area contributed by atoms with Gasteiger partial charge in [0.2, 0.25) is 0 Å². The van der Waals surface area contributed by atoms with Gasteiger partial charge in [-0.15, -0.1) is 0 Å². The molecule has 4 nitrogen and oxygen atoms in total. The van der Waals surface area contributed by atoms with Crippen molar-refractivity contribution in [3.05, 3.63) is 162 Å². The summed E-state index contributed by atoms with van der Waals surface area (Å²) in [6.45, 7) is 11.5. The van der Waals surface area contributed by atoms with Crippen molar-refractivity contribution in [1.29, 1.82) is 0 Å². The lowest BCUT2D eigenvalue weighted by molar-refractivity contribution is 0.590. The number of rotatable bonds is 1. The van der Waals surface area contributed by atoms with Crippen molar-refractivity contribution in [3.63, 3.8) is 0 Å². The zero-order chi connectivity index (χ0) is 40.0. The highest BCUT2D eigenvalue weighted by Crippen LogP contribution is 2.55. The first-order chi connectivity index (χ1) is 29.1. The Kier molecular flexibility index (Phi) is 5.92. The second-order valence-corrected chi connectivity index (χ2v) is 18.8. The molecule has 0 spiro atoms. The first kappa shape index (κ1) is 32.9. The van der Waals surface area contributed by atoms with E-state index in [0.29, 0.717) is 0 Å². The van der Waals surface area contributed by atoms with E-state index in [1.54, 1.807) is 0 Å². The average Bonchev–Trinajstić information content (AvgIpc) is 3.98. The maximum absolute atomic E-state index is 6.73. The van der Waals surface area contributed by atoms with Crippen LogP contribution in [0.3, 0.4) is 0 Å². The van der Waals surface area contributed by atoms with Crippen LogP contribution in [0, 0.1) is 0 Å². The molecule has 0 atom stereocenters. The van der Waals surface area contributed by atoms with E-state index in [2.05, 4.69) is 190 Å². The first-order valence-corrected chi connectivity index (χ1v) is 21.2. The van der Waals surface area contributed by atoms with E-state index in [1.807, 2.05) is 0 Å². The number of fused-ring (bicyclic) bond motifs is 18. The third-order valence-electron chi connectivity index (χ3n) is 14.3. The molecule has 0 N–H and O–H groups in total. The summed E-state index contributed by atoms with van der Waals surface area (Å²) in [5.41, 5.74) is 21.4. The second-order valence-electron chi connectivity index (χ2n) is 18.8. The average molecular weight is 771 g/mol. The summed E-state index contributed by atoms with van der Waals surface area (Å²) in [6.07, 6.45) is 0. The van der Waals surface area contributed by atoms with Gasteiger partial charge in [-0.25, -0.2) is 0 Å². The molecule has 2 aliphatic heterocycles. The summed E-state index contributed by atoms with van der Waals surface area (Å²) in [4.78, 5) is 2.65. The summed E-state index contributed by atoms with van der Waals surface area (Å²) in [5.74, 6) is 0. The number of nitrogens with zero attached hydrogens (tertiary/aromatic N) is 2. The fourth-order valence-electron chi connectivity index (χ4n) is 11.5. The number of para-hydroxylation sites is 2. The normalized spacial score (nSPS) is 14.8. The summed E-state index contributed by atoms with van der Waals surface area (Å²) in [5, 5.41) is 7.05. The van der Waals surface area contributed by atoms with Crippen molar-refractivity contribution >= 4 is 94.8 Å². The molecular weight excluding hydrogens is 731 g/mol. The van der Waals surface area contributed by atoms with Gasteiger partial charge in [-0.2, -0.15) is 0 Å². The van der Waals surface area contributed by atoms with Crippen molar-refractivity contribution < 1.29 is 8.83 Å². The topological polar surface area (TPSA) is 34.5 Å². The molecule has 0 radical (unpaired) electrons. The lowest BCUT2D eigenvalue weighted by Gasteiger charge is -2.42. The molecule has 0 fully saturated rings. The number of benzene rings is 8. The van der Waals surface area contributed by atoms with Crippen LogP contribution in [0.25, 0.3) is 93.6 Å². The highest BCUT2D eigenvalue weighted by atomic mass is 16.3. The Morgan fingerprint density at radius 2 is 1.25 bits per heavy atom. The van der Waals surface area contributed by atoms with E-state index >= 15 is 0 Å². The second kappa shape index (κ2) is 10.8. The molecule has 284 valence electrons. The van der Waals surface area contributed by atoms with Crippen LogP contribution in [0.2, 0.25) is 0 Å². The van der Waals surface area contributed by atoms with Crippen molar-refractivity contribution in [1.82, 2.24) is 4.57 Å². The first-order valence-electron chi connectivity index (χ1n) is 21.2. The summed E-state index contributed by atoms with van der Waals surface area (Å²) >= 11 is 0. The van der Waals surface area contributed by atoms with Gasteiger partial charge in [0, 0.05) is 60.4 Å². The van der Waals surface area contributed by atoms with Gasteiger partial charge in [-0.05, 0) is 110 Å². The Morgan fingerprint density at radius 1 is 0.517 bits per heavy atom. The van der Waals surface area contributed by atoms with Crippen LogP contribution in [-0.2, 0) is 10.8 Å². The Balaban J connectivity index is 1.18. The van der Waals surface area contributed by atoms with Gasteiger partial charge in [-0.1, -0.05) is 120 Å². The van der Waals surface area contributed by atoms with Crippen LogP contribution >= 0.6 is 0 Å². The van der Waals surface area contributed by atoms with Crippen molar-refractivity contribution in [2.75, 3.05) is 4.81 Å². The van der Waals surface area contributed by atoms with Crippen molar-refractivity contribution in [2.45, 2.75) is 45.4 Å². The standard InChI is InChI=1S/C55H39BN2O2/c1-54(2,3)30-18-20-31(21-19-30)58-44-27-37-32-12-6-9-15-40(32)55(4,5)41(37)26-38(44)34-22-23-36-50-43(24-25-48-51(50)35-14-8-11-17-47(35)59-48)57-45-28-39-33-13-7-10-16-46(33)60-49(39)29-42(45)56(58)52(34)53(36)57/h6-29H,1-5H3. The highest BCUT2D eigenvalue weighted by molar-refractivity contribution is 6.94. The molecule has 0 amide bonds. The van der Waals surface area contributed by atoms with Gasteiger partial charge in [0.15, 0.2) is 0 Å². The summed E-state index contributed by atoms with van der Waals surface area (Å²) in [6, 6.07) is 54.4. The number of hydrogen-bond acceptors (Lipinski definition) is 3. The molecule has 1 aliphatic carbocycles. The van der Waals surface area contributed by atoms with Crippen molar-refractivity contribution in [2.24, 2.45) is 0 Å². The lowest BCUT2D eigenvalue weighted by atomic mass is 9.44. The number of anilines is 2. The van der Waals surface area contributed by atoms with Crippen LogP contribution < -0.4 is 15.7 Å². The van der Waals surface area contributed by atoms with Crippen LogP contribution in [0.4, 0.5) is 11.4 Å². The fraction of sp³-hybridized carbons (Fsp3) is 0.127. The van der Waals surface area contributed by atoms with Crippen molar-refractivity contribution in [3.8, 4) is 27.9 Å². The van der Waals surface area contributed by atoms with Gasteiger partial charge >= 0.3 is 6.85 Å². The molecule has 0 unspecified atom stereocenters. The largest absolute Gasteiger partial charge is 0.456 e. The van der Waals surface area contributed by atoms with Gasteiger partial charge in [-0.3, -0.25) is 0 Å². The molecule has 3 aliphatic rings. The molecule has 5 heterocycles. The van der Waals surface area contributed by atoms with Gasteiger partial charge in [0.05, 0.1) is 11.0 Å². The lowest BCUT2D eigenvalue weighted by Crippen LogP contribution is -2.60. The molecule has 0 bridgehead atoms. The SMILES string of the molecule is CC(C)(C)c1ccc(N2B3c4cc5oc6ccccc6c5cc4-n4c5ccc6oc7ccccc7c6c5c5ccc(c3c54)-c3cc4c(cc32)-c2ccccc2C4(C)C)cc1. The molecule has 8 aromatic carbocycles. The minimum atomic E-state index is -0.139. The van der Waals surface area contributed by atoms with Gasteiger partial charge in [0.25, 0.3) is 0 Å². The zero-order valence-corrected chi connectivity index (χ0v) is 34.1. The Hall–Kier alpha value is -6.98. The predicted molar refractivity (Wildman–Crippen MR) is 251 cm³/mol. The zero-order valence-electron chi connectivity index (χ0n) is 34.1. The predicted octanol–water partition coefficient (Wildman–Crippen LogP) is 13.4. The molecule has 0 saturated carbocycles. The third kappa shape index (κ3) is 3.94. The molecule has 11 aromatic rings. The van der Waals surface area contributed by atoms with Gasteiger partial charge < -0.3 is 18.2 Å². The molecule has 14 rings (SSSR count). The highest BCUT2D eigenvalue weighted by Gasteiger charge is 2.46. The minimum absolute atomic E-state index is 0.0288. The third-order valence-corrected chi connectivity index (χ3v) is 14.3. The Bertz CT molecular complexity index is 3740. The summed E-state index contributed by atoms with van der Waals surface area (Å²) < 4.78 is 15.9. The Morgan fingerprint density at radius 3 is 2.07 bits per heavy atom. The minimum Gasteiger partial charge on any atom is -0.456 e. The van der Waals surface area contributed by atoms with E-state index in [0.717, 1.165) is 38.5 Å². The van der Waals surface area contributed by atoms with E-state index in [1.165, 1.54) is 94.1 Å². The number of hydrogen-bond donors (Lipinski definition) is 0. The number of furan rings is 2. The molecule has 0 saturated heterocycles. The molecular formula is C55H39BN2O2. The van der Waals surface area contributed by atoms with E-state index in [9.17, 15) is 0 Å². The fourth-order valence-corrected chi connectivity index (χ4v) is 11.5. The summed E-state index contributed by atoms with van der Waals surface area (Å²) in [7, 11) is 0. The monoisotopic (exact) mass is 770 g/mol. The van der Waals surface area contributed by atoms with E-state index < -0.39 is 0 Å². The van der Waals surface area contributed by atoms with Gasteiger partial charge in [0.1, 0.15) is 22.3 Å². The molecule has 60 heavy (non-hydrogen) atoms. The maximum atomic E-state index is 6.73. The number of aromatic nitrogens is 1. The van der Waals surface area contributed by atoms with Crippen LogP contribution in [0.15, 0.2) is 154 Å². The molecule has 5 heteroatoms. The van der Waals surface area contributed by atoms with Crippen LogP contribution in [0.5, 0.6) is 0 Å². The smallest absolute Gasteiger partial charge is 0.333 e. The Labute approximate surface area is 347 Å². The van der Waals surface area contributed by atoms with E-state index in [4.69, 9.17) is 8.83 Å². The maximum Gasteiger partial charge on any atom is 0.333 e. The van der Waals surface area contributed by atoms with Crippen LogP contribution in [-0.4, -0.2) is 11.4 Å².